The van der Waals surface area contributed by atoms with Crippen LogP contribution >= 0.6 is 0 Å². The van der Waals surface area contributed by atoms with Crippen LogP contribution in [0.4, 0.5) is 10.3 Å². The van der Waals surface area contributed by atoms with Gasteiger partial charge in [0.25, 0.3) is 5.91 Å². The number of halogens is 1. The fraction of sp³-hybridized carbons (Fsp3) is 0.292. The van der Waals surface area contributed by atoms with Crippen LogP contribution in [-0.4, -0.2) is 53.6 Å². The maximum Gasteiger partial charge on any atom is 0.254 e. The highest BCUT2D eigenvalue weighted by Crippen LogP contribution is 2.32. The van der Waals surface area contributed by atoms with Gasteiger partial charge in [0, 0.05) is 31.6 Å². The number of aromatic nitrogens is 2. The number of hydrogen-bond acceptors (Lipinski definition) is 6. The topological polar surface area (TPSA) is 67.8 Å². The van der Waals surface area contributed by atoms with Crippen molar-refractivity contribution in [2.75, 3.05) is 37.7 Å². The Balaban J connectivity index is 1.48. The number of anilines is 1. The number of fused-ring (bicyclic) bond motifs is 1. The van der Waals surface area contributed by atoms with Gasteiger partial charge >= 0.3 is 0 Å². The van der Waals surface area contributed by atoms with Crippen molar-refractivity contribution in [1.29, 1.82) is 0 Å². The number of amides is 1. The van der Waals surface area contributed by atoms with Crippen LogP contribution < -0.4 is 9.64 Å². The number of carbonyl (C=O) groups is 1. The molecule has 0 bridgehead atoms. The first-order valence-electron chi connectivity index (χ1n) is 10.7. The summed E-state index contributed by atoms with van der Waals surface area (Å²) in [6, 6.07) is 15.2. The van der Waals surface area contributed by atoms with Crippen LogP contribution in [-0.2, 0) is 17.7 Å². The summed E-state index contributed by atoms with van der Waals surface area (Å²) >= 11 is 0. The molecule has 2 aromatic carbocycles. The second-order valence-electron chi connectivity index (χ2n) is 7.76. The van der Waals surface area contributed by atoms with Crippen LogP contribution in [0.1, 0.15) is 21.6 Å². The van der Waals surface area contributed by atoms with Crippen LogP contribution in [0.3, 0.4) is 0 Å². The molecule has 3 heterocycles. The Morgan fingerprint density at radius 2 is 1.81 bits per heavy atom. The van der Waals surface area contributed by atoms with E-state index in [2.05, 4.69) is 4.90 Å². The summed E-state index contributed by atoms with van der Waals surface area (Å²) in [5.74, 6) is 1.06. The van der Waals surface area contributed by atoms with Crippen LogP contribution in [0.5, 0.6) is 11.6 Å². The van der Waals surface area contributed by atoms with Crippen LogP contribution in [0, 0.1) is 5.82 Å². The first-order chi connectivity index (χ1) is 15.7. The Morgan fingerprint density at radius 3 is 2.59 bits per heavy atom. The largest absolute Gasteiger partial charge is 0.438 e. The first kappa shape index (κ1) is 20.4. The van der Waals surface area contributed by atoms with Gasteiger partial charge in [-0.25, -0.2) is 9.37 Å². The van der Waals surface area contributed by atoms with Gasteiger partial charge < -0.3 is 19.3 Å². The van der Waals surface area contributed by atoms with E-state index in [9.17, 15) is 9.18 Å². The van der Waals surface area contributed by atoms with Crippen molar-refractivity contribution >= 4 is 11.9 Å². The molecule has 0 aliphatic carbocycles. The normalized spacial score (nSPS) is 15.9. The molecule has 1 fully saturated rings. The number of nitrogens with zero attached hydrogens (tertiary/aromatic N) is 4. The van der Waals surface area contributed by atoms with Crippen molar-refractivity contribution in [1.82, 2.24) is 14.9 Å². The van der Waals surface area contributed by atoms with Gasteiger partial charge in [0.15, 0.2) is 0 Å². The minimum atomic E-state index is -0.431. The van der Waals surface area contributed by atoms with E-state index in [1.807, 2.05) is 30.3 Å². The molecular weight excluding hydrogens is 411 g/mol. The van der Waals surface area contributed by atoms with Crippen molar-refractivity contribution in [3.05, 3.63) is 77.2 Å². The molecule has 7 nitrogen and oxygen atoms in total. The maximum atomic E-state index is 13.6. The molecule has 0 spiro atoms. The number of hydrogen-bond donors (Lipinski definition) is 0. The number of carbonyl (C=O) groups excluding carboxylic acids is 1. The van der Waals surface area contributed by atoms with Crippen LogP contribution in [0.15, 0.2) is 54.6 Å². The minimum absolute atomic E-state index is 0.224. The van der Waals surface area contributed by atoms with E-state index in [-0.39, 0.29) is 5.91 Å². The Bertz CT molecular complexity index is 1120. The van der Waals surface area contributed by atoms with E-state index in [0.29, 0.717) is 69.0 Å². The van der Waals surface area contributed by atoms with E-state index in [1.54, 1.807) is 17.0 Å². The second-order valence-corrected chi connectivity index (χ2v) is 7.76. The summed E-state index contributed by atoms with van der Waals surface area (Å²) in [5, 5.41) is 0. The van der Waals surface area contributed by atoms with Gasteiger partial charge in [-0.2, -0.15) is 4.98 Å². The summed E-state index contributed by atoms with van der Waals surface area (Å²) in [6.45, 7) is 3.49. The molecule has 0 unspecified atom stereocenters. The third-order valence-corrected chi connectivity index (χ3v) is 5.62. The molecule has 1 aromatic heterocycles. The number of morpholine rings is 1. The molecule has 5 rings (SSSR count). The molecule has 0 saturated carbocycles. The molecule has 2 aliphatic rings. The van der Waals surface area contributed by atoms with Gasteiger partial charge in [0.1, 0.15) is 11.6 Å². The van der Waals surface area contributed by atoms with Crippen molar-refractivity contribution in [3.8, 4) is 11.6 Å². The van der Waals surface area contributed by atoms with E-state index in [0.717, 1.165) is 11.3 Å². The lowest BCUT2D eigenvalue weighted by molar-refractivity contribution is 0.0731. The molecule has 3 aromatic rings. The number of para-hydroxylation sites is 1. The molecule has 2 aliphatic heterocycles. The Labute approximate surface area is 185 Å². The first-order valence-corrected chi connectivity index (χ1v) is 10.7. The van der Waals surface area contributed by atoms with Crippen molar-refractivity contribution < 1.29 is 18.7 Å². The van der Waals surface area contributed by atoms with E-state index < -0.39 is 5.82 Å². The van der Waals surface area contributed by atoms with E-state index >= 15 is 0 Å². The molecule has 1 amide bonds. The van der Waals surface area contributed by atoms with Gasteiger partial charge in [-0.05, 0) is 30.3 Å². The average molecular weight is 434 g/mol. The summed E-state index contributed by atoms with van der Waals surface area (Å²) in [4.78, 5) is 26.3. The van der Waals surface area contributed by atoms with Crippen LogP contribution in [0.2, 0.25) is 0 Å². The van der Waals surface area contributed by atoms with Crippen LogP contribution in [0.25, 0.3) is 0 Å². The van der Waals surface area contributed by atoms with E-state index in [4.69, 9.17) is 19.4 Å². The summed E-state index contributed by atoms with van der Waals surface area (Å²) in [7, 11) is 0. The molecule has 1 saturated heterocycles. The zero-order chi connectivity index (χ0) is 21.9. The monoisotopic (exact) mass is 434 g/mol. The average Bonchev–Trinajstić information content (AvgIpc) is 2.84. The SMILES string of the molecule is O=C(c1cccc(F)c1)N1CCc2nc(N3CCOCC3)nc(Oc3ccccc3)c2C1. The molecule has 8 heteroatoms. The molecule has 0 N–H and O–H groups in total. The second kappa shape index (κ2) is 8.92. The predicted octanol–water partition coefficient (Wildman–Crippen LogP) is 3.44. The van der Waals surface area contributed by atoms with Crippen molar-refractivity contribution in [3.63, 3.8) is 0 Å². The summed E-state index contributed by atoms with van der Waals surface area (Å²) in [6.07, 6.45) is 0.571. The van der Waals surface area contributed by atoms with Gasteiger partial charge in [0.2, 0.25) is 11.8 Å². The van der Waals surface area contributed by atoms with Gasteiger partial charge in [0.05, 0.1) is 31.0 Å². The van der Waals surface area contributed by atoms with Gasteiger partial charge in [-0.15, -0.1) is 0 Å². The van der Waals surface area contributed by atoms with Gasteiger partial charge in [-0.3, -0.25) is 4.79 Å². The van der Waals surface area contributed by atoms with E-state index in [1.165, 1.54) is 12.1 Å². The Kier molecular flexibility index (Phi) is 5.68. The fourth-order valence-corrected chi connectivity index (χ4v) is 3.94. The standard InChI is InChI=1S/C24H23FN4O3/c25-18-6-4-5-17(15-18)23(30)29-10-9-21-20(16-29)22(32-19-7-2-1-3-8-19)27-24(26-21)28-11-13-31-14-12-28/h1-8,15H,9-14,16H2. The number of ether oxygens (including phenoxy) is 2. The quantitative estimate of drug-likeness (QED) is 0.627. The minimum Gasteiger partial charge on any atom is -0.438 e. The fourth-order valence-electron chi connectivity index (χ4n) is 3.94. The predicted molar refractivity (Wildman–Crippen MR) is 116 cm³/mol. The summed E-state index contributed by atoms with van der Waals surface area (Å²) < 4.78 is 25.2. The number of rotatable bonds is 4. The molecule has 0 radical (unpaired) electrons. The van der Waals surface area contributed by atoms with Crippen molar-refractivity contribution in [2.45, 2.75) is 13.0 Å². The molecule has 32 heavy (non-hydrogen) atoms. The highest BCUT2D eigenvalue weighted by atomic mass is 19.1. The van der Waals surface area contributed by atoms with Crippen molar-refractivity contribution in [2.24, 2.45) is 0 Å². The molecular formula is C24H23FN4O3. The summed E-state index contributed by atoms with van der Waals surface area (Å²) in [5.41, 5.74) is 1.97. The lowest BCUT2D eigenvalue weighted by Crippen LogP contribution is -2.39. The molecule has 0 atom stereocenters. The zero-order valence-corrected chi connectivity index (χ0v) is 17.5. The Morgan fingerprint density at radius 1 is 1.00 bits per heavy atom. The maximum absolute atomic E-state index is 13.6. The Hall–Kier alpha value is -3.52. The number of benzene rings is 2. The highest BCUT2D eigenvalue weighted by Gasteiger charge is 2.28. The third-order valence-electron chi connectivity index (χ3n) is 5.62. The smallest absolute Gasteiger partial charge is 0.254 e. The lowest BCUT2D eigenvalue weighted by atomic mass is 10.0. The molecule has 164 valence electrons. The third kappa shape index (κ3) is 4.27. The van der Waals surface area contributed by atoms with Gasteiger partial charge in [-0.1, -0.05) is 24.3 Å². The zero-order valence-electron chi connectivity index (χ0n) is 17.5. The lowest BCUT2D eigenvalue weighted by Gasteiger charge is -2.32. The highest BCUT2D eigenvalue weighted by molar-refractivity contribution is 5.94.